The predicted octanol–water partition coefficient (Wildman–Crippen LogP) is 2.50. The molecule has 0 aromatic carbocycles. The van der Waals surface area contributed by atoms with E-state index in [0.717, 1.165) is 19.5 Å². The van der Waals surface area contributed by atoms with Crippen LogP contribution in [-0.4, -0.2) is 25.2 Å². The second-order valence-corrected chi connectivity index (χ2v) is 4.88. The summed E-state index contributed by atoms with van der Waals surface area (Å²) in [7, 11) is 0. The molecule has 0 amide bonds. The van der Waals surface area contributed by atoms with Crippen molar-refractivity contribution < 1.29 is 9.53 Å². The molecule has 1 N–H and O–H groups in total. The van der Waals surface area contributed by atoms with Crippen LogP contribution in [0, 0.1) is 5.92 Å². The quantitative estimate of drug-likeness (QED) is 0.511. The third-order valence-corrected chi connectivity index (χ3v) is 3.12. The SMILES string of the molecule is CCCCCCC(C)OC(=O)CC1CNC1. The Hall–Kier alpha value is -0.570. The average molecular weight is 227 g/mol. The second-order valence-electron chi connectivity index (χ2n) is 4.88. The van der Waals surface area contributed by atoms with Crippen LogP contribution in [0.5, 0.6) is 0 Å². The number of hydrogen-bond donors (Lipinski definition) is 1. The Morgan fingerprint density at radius 2 is 2.12 bits per heavy atom. The van der Waals surface area contributed by atoms with Crippen molar-refractivity contribution in [3.63, 3.8) is 0 Å². The van der Waals surface area contributed by atoms with Crippen LogP contribution in [0.3, 0.4) is 0 Å². The lowest BCUT2D eigenvalue weighted by atomic mass is 10.00. The number of carbonyl (C=O) groups excluding carboxylic acids is 1. The van der Waals surface area contributed by atoms with Gasteiger partial charge in [0.1, 0.15) is 0 Å². The van der Waals surface area contributed by atoms with Gasteiger partial charge in [-0.15, -0.1) is 0 Å². The van der Waals surface area contributed by atoms with Crippen LogP contribution < -0.4 is 5.32 Å². The van der Waals surface area contributed by atoms with Gasteiger partial charge in [0.2, 0.25) is 0 Å². The largest absolute Gasteiger partial charge is 0.463 e. The van der Waals surface area contributed by atoms with Gasteiger partial charge in [-0.3, -0.25) is 4.79 Å². The summed E-state index contributed by atoms with van der Waals surface area (Å²) in [5, 5.41) is 3.16. The van der Waals surface area contributed by atoms with Gasteiger partial charge in [-0.25, -0.2) is 0 Å². The van der Waals surface area contributed by atoms with Gasteiger partial charge in [0.25, 0.3) is 0 Å². The summed E-state index contributed by atoms with van der Waals surface area (Å²) in [4.78, 5) is 11.5. The molecule has 94 valence electrons. The number of esters is 1. The summed E-state index contributed by atoms with van der Waals surface area (Å²) in [5.41, 5.74) is 0. The molecule has 0 bridgehead atoms. The van der Waals surface area contributed by atoms with E-state index in [-0.39, 0.29) is 12.1 Å². The molecule has 3 nitrogen and oxygen atoms in total. The number of ether oxygens (including phenoxy) is 1. The Morgan fingerprint density at radius 3 is 2.69 bits per heavy atom. The smallest absolute Gasteiger partial charge is 0.306 e. The Kier molecular flexibility index (Phi) is 6.46. The van der Waals surface area contributed by atoms with Crippen molar-refractivity contribution in [1.29, 1.82) is 0 Å². The number of rotatable bonds is 8. The molecular formula is C13H25NO2. The van der Waals surface area contributed by atoms with Crippen molar-refractivity contribution in [2.45, 2.75) is 58.5 Å². The molecule has 1 fully saturated rings. The number of carbonyl (C=O) groups is 1. The molecule has 1 heterocycles. The van der Waals surface area contributed by atoms with E-state index in [0.29, 0.717) is 12.3 Å². The van der Waals surface area contributed by atoms with Crippen molar-refractivity contribution in [3.05, 3.63) is 0 Å². The lowest BCUT2D eigenvalue weighted by Gasteiger charge is -2.26. The van der Waals surface area contributed by atoms with E-state index in [1.807, 2.05) is 6.92 Å². The lowest BCUT2D eigenvalue weighted by molar-refractivity contribution is -0.150. The molecule has 3 heteroatoms. The normalized spacial score (nSPS) is 17.9. The molecule has 0 radical (unpaired) electrons. The van der Waals surface area contributed by atoms with Crippen LogP contribution >= 0.6 is 0 Å². The minimum absolute atomic E-state index is 0.0190. The Balaban J connectivity index is 1.98. The maximum atomic E-state index is 11.5. The third-order valence-electron chi connectivity index (χ3n) is 3.12. The summed E-state index contributed by atoms with van der Waals surface area (Å²) in [5.74, 6) is 0.495. The van der Waals surface area contributed by atoms with E-state index >= 15 is 0 Å². The fourth-order valence-electron chi connectivity index (χ4n) is 1.92. The molecular weight excluding hydrogens is 202 g/mol. The third kappa shape index (κ3) is 5.50. The molecule has 1 rings (SSSR count). The van der Waals surface area contributed by atoms with Crippen LogP contribution in [0.4, 0.5) is 0 Å². The predicted molar refractivity (Wildman–Crippen MR) is 65.3 cm³/mol. The Bertz CT molecular complexity index is 202. The molecule has 1 aliphatic rings. The highest BCUT2D eigenvalue weighted by atomic mass is 16.5. The van der Waals surface area contributed by atoms with Crippen LogP contribution in [-0.2, 0) is 9.53 Å². The fraction of sp³-hybridized carbons (Fsp3) is 0.923. The summed E-state index contributed by atoms with van der Waals surface area (Å²) in [6.07, 6.45) is 6.66. The van der Waals surface area contributed by atoms with Crippen molar-refractivity contribution >= 4 is 5.97 Å². The van der Waals surface area contributed by atoms with Crippen LogP contribution in [0.15, 0.2) is 0 Å². The van der Waals surface area contributed by atoms with Gasteiger partial charge in [0.15, 0.2) is 0 Å². The molecule has 0 aromatic heterocycles. The fourth-order valence-corrected chi connectivity index (χ4v) is 1.92. The zero-order valence-electron chi connectivity index (χ0n) is 10.6. The maximum absolute atomic E-state index is 11.5. The van der Waals surface area contributed by atoms with E-state index in [1.54, 1.807) is 0 Å². The summed E-state index contributed by atoms with van der Waals surface area (Å²) >= 11 is 0. The topological polar surface area (TPSA) is 38.3 Å². The van der Waals surface area contributed by atoms with Crippen LogP contribution in [0.25, 0.3) is 0 Å². The first-order valence-electron chi connectivity index (χ1n) is 6.62. The molecule has 0 spiro atoms. The van der Waals surface area contributed by atoms with Crippen LogP contribution in [0.1, 0.15) is 52.4 Å². The Morgan fingerprint density at radius 1 is 1.38 bits per heavy atom. The molecule has 1 saturated heterocycles. The molecule has 16 heavy (non-hydrogen) atoms. The lowest BCUT2D eigenvalue weighted by Crippen LogP contribution is -2.43. The average Bonchev–Trinajstić information content (AvgIpc) is 2.18. The minimum atomic E-state index is -0.0190. The zero-order valence-corrected chi connectivity index (χ0v) is 10.6. The second kappa shape index (κ2) is 7.66. The minimum Gasteiger partial charge on any atom is -0.463 e. The standard InChI is InChI=1S/C13H25NO2/c1-3-4-5-6-7-11(2)16-13(15)8-12-9-14-10-12/h11-12,14H,3-10H2,1-2H3. The van der Waals surface area contributed by atoms with E-state index in [2.05, 4.69) is 12.2 Å². The van der Waals surface area contributed by atoms with Gasteiger partial charge < -0.3 is 10.1 Å². The molecule has 1 atom stereocenters. The molecule has 0 aromatic rings. The van der Waals surface area contributed by atoms with E-state index in [9.17, 15) is 4.79 Å². The first-order chi connectivity index (χ1) is 7.72. The first kappa shape index (κ1) is 13.5. The molecule has 1 aliphatic heterocycles. The summed E-state index contributed by atoms with van der Waals surface area (Å²) in [6, 6.07) is 0. The van der Waals surface area contributed by atoms with E-state index in [4.69, 9.17) is 4.74 Å². The maximum Gasteiger partial charge on any atom is 0.306 e. The van der Waals surface area contributed by atoms with Crippen molar-refractivity contribution in [2.24, 2.45) is 5.92 Å². The molecule has 1 unspecified atom stereocenters. The highest BCUT2D eigenvalue weighted by Gasteiger charge is 2.21. The zero-order chi connectivity index (χ0) is 11.8. The van der Waals surface area contributed by atoms with Gasteiger partial charge in [0, 0.05) is 0 Å². The Labute approximate surface area is 98.9 Å². The number of unbranched alkanes of at least 4 members (excludes halogenated alkanes) is 3. The molecule has 0 saturated carbocycles. The van der Waals surface area contributed by atoms with Gasteiger partial charge >= 0.3 is 5.97 Å². The van der Waals surface area contributed by atoms with Gasteiger partial charge in [0.05, 0.1) is 12.5 Å². The van der Waals surface area contributed by atoms with Gasteiger partial charge in [-0.05, 0) is 38.8 Å². The monoisotopic (exact) mass is 227 g/mol. The first-order valence-corrected chi connectivity index (χ1v) is 6.62. The number of nitrogens with one attached hydrogen (secondary N) is 1. The molecule has 0 aliphatic carbocycles. The van der Waals surface area contributed by atoms with Gasteiger partial charge in [-0.2, -0.15) is 0 Å². The van der Waals surface area contributed by atoms with Crippen molar-refractivity contribution in [3.8, 4) is 0 Å². The van der Waals surface area contributed by atoms with Crippen molar-refractivity contribution in [1.82, 2.24) is 5.32 Å². The summed E-state index contributed by atoms with van der Waals surface area (Å²) < 4.78 is 5.37. The van der Waals surface area contributed by atoms with E-state index < -0.39 is 0 Å². The number of hydrogen-bond acceptors (Lipinski definition) is 3. The van der Waals surface area contributed by atoms with Gasteiger partial charge in [-0.1, -0.05) is 26.2 Å². The highest BCUT2D eigenvalue weighted by Crippen LogP contribution is 2.12. The van der Waals surface area contributed by atoms with Crippen molar-refractivity contribution in [2.75, 3.05) is 13.1 Å². The summed E-state index contributed by atoms with van der Waals surface area (Å²) in [6.45, 7) is 6.15. The van der Waals surface area contributed by atoms with E-state index in [1.165, 1.54) is 25.7 Å². The highest BCUT2D eigenvalue weighted by molar-refractivity contribution is 5.70. The van der Waals surface area contributed by atoms with Crippen LogP contribution in [0.2, 0.25) is 0 Å².